The zero-order chi connectivity index (χ0) is 34.9. The summed E-state index contributed by atoms with van der Waals surface area (Å²) in [4.78, 5) is 24.7. The quantitative estimate of drug-likeness (QED) is 0.0425. The van der Waals surface area contributed by atoms with Gasteiger partial charge >= 0.3 is 12.0 Å². The number of ether oxygens (including phenoxy) is 5. The maximum Gasteiger partial charge on any atom is 0.337 e. The van der Waals surface area contributed by atoms with Gasteiger partial charge < -0.3 is 39.4 Å². The highest BCUT2D eigenvalue weighted by molar-refractivity contribution is 14.1. The van der Waals surface area contributed by atoms with Crippen molar-refractivity contribution in [1.82, 2.24) is 16.1 Å². The summed E-state index contributed by atoms with van der Waals surface area (Å²) < 4.78 is 29.4. The lowest BCUT2D eigenvalue weighted by atomic mass is 9.95. The van der Waals surface area contributed by atoms with Crippen LogP contribution in [0, 0.1) is 3.57 Å². The maximum atomic E-state index is 12.5. The summed E-state index contributed by atoms with van der Waals surface area (Å²) in [6.45, 7) is 3.91. The van der Waals surface area contributed by atoms with Crippen LogP contribution in [-0.4, -0.2) is 57.0 Å². The van der Waals surface area contributed by atoms with Crippen molar-refractivity contribution in [2.45, 2.75) is 32.7 Å². The summed E-state index contributed by atoms with van der Waals surface area (Å²) in [7, 11) is 2.86. The first kappa shape index (κ1) is 35.3. The molecule has 49 heavy (non-hydrogen) atoms. The van der Waals surface area contributed by atoms with Crippen molar-refractivity contribution in [3.63, 3.8) is 0 Å². The van der Waals surface area contributed by atoms with Gasteiger partial charge in [0.25, 0.3) is 0 Å². The molecule has 12 nitrogen and oxygen atoms in total. The number of amides is 2. The largest absolute Gasteiger partial charge is 0.493 e. The molecule has 256 valence electrons. The minimum atomic E-state index is -1.18. The van der Waals surface area contributed by atoms with Gasteiger partial charge in [0.05, 0.1) is 38.7 Å². The molecular formula is C36H37IN4O8. The first-order chi connectivity index (χ1) is 23.7. The molecule has 2 atom stereocenters. The second kappa shape index (κ2) is 16.4. The molecule has 5 rings (SSSR count). The first-order valence-electron chi connectivity index (χ1n) is 15.4. The Bertz CT molecular complexity index is 1890. The number of hydrogen-bond acceptors (Lipinski definition) is 10. The number of aliphatic hydroxyl groups is 1. The van der Waals surface area contributed by atoms with E-state index >= 15 is 0 Å². The molecule has 0 aliphatic carbocycles. The lowest BCUT2D eigenvalue weighted by Gasteiger charge is -2.28. The molecule has 0 saturated heterocycles. The van der Waals surface area contributed by atoms with Gasteiger partial charge in [0.1, 0.15) is 13.2 Å². The normalized spacial score (nSPS) is 15.0. The number of carbonyl (C=O) groups is 2. The smallest absolute Gasteiger partial charge is 0.337 e. The van der Waals surface area contributed by atoms with Crippen LogP contribution in [0.1, 0.15) is 36.6 Å². The van der Waals surface area contributed by atoms with Crippen LogP contribution >= 0.6 is 22.6 Å². The number of nitrogens with zero attached hydrogens (tertiary/aromatic N) is 1. The van der Waals surface area contributed by atoms with E-state index in [1.165, 1.54) is 7.11 Å². The third-order valence-corrected chi connectivity index (χ3v) is 8.24. The predicted octanol–water partition coefficient (Wildman–Crippen LogP) is 5.55. The minimum Gasteiger partial charge on any atom is -0.493 e. The van der Waals surface area contributed by atoms with Crippen LogP contribution in [0.15, 0.2) is 89.2 Å². The zero-order valence-electron chi connectivity index (χ0n) is 27.4. The van der Waals surface area contributed by atoms with E-state index in [-0.39, 0.29) is 12.2 Å². The van der Waals surface area contributed by atoms with Crippen LogP contribution in [0.3, 0.4) is 0 Å². The summed E-state index contributed by atoms with van der Waals surface area (Å²) in [5.74, 6) is 1.21. The summed E-state index contributed by atoms with van der Waals surface area (Å²) in [5.41, 5.74) is 5.60. The monoisotopic (exact) mass is 780 g/mol. The Morgan fingerprint density at radius 1 is 1.02 bits per heavy atom. The van der Waals surface area contributed by atoms with Crippen molar-refractivity contribution < 1.29 is 38.4 Å². The van der Waals surface area contributed by atoms with Gasteiger partial charge in [0, 0.05) is 14.8 Å². The van der Waals surface area contributed by atoms with E-state index < -0.39 is 24.3 Å². The number of hydrogen-bond donors (Lipinski definition) is 4. The second-order valence-corrected chi connectivity index (χ2v) is 12.1. The number of rotatable bonds is 14. The van der Waals surface area contributed by atoms with Gasteiger partial charge in [-0.3, -0.25) is 5.43 Å². The molecule has 0 saturated carbocycles. The van der Waals surface area contributed by atoms with E-state index in [4.69, 9.17) is 23.7 Å². The van der Waals surface area contributed by atoms with Gasteiger partial charge in [-0.25, -0.2) is 9.59 Å². The molecule has 0 fully saturated rings. The Morgan fingerprint density at radius 3 is 2.59 bits per heavy atom. The highest BCUT2D eigenvalue weighted by Gasteiger charge is 2.32. The fraction of sp³-hybridized carbons (Fsp3) is 0.250. The first-order valence-corrected chi connectivity index (χ1v) is 16.5. The fourth-order valence-electron chi connectivity index (χ4n) is 5.37. The van der Waals surface area contributed by atoms with E-state index in [1.807, 2.05) is 43.3 Å². The number of hydrazone groups is 1. The van der Waals surface area contributed by atoms with Gasteiger partial charge in [0.2, 0.25) is 0 Å². The summed E-state index contributed by atoms with van der Waals surface area (Å²) in [6.07, 6.45) is 0.365. The number of fused-ring (bicyclic) bond motifs is 1. The molecule has 2 amide bonds. The number of esters is 1. The van der Waals surface area contributed by atoms with Gasteiger partial charge in [-0.05, 0) is 82.6 Å². The van der Waals surface area contributed by atoms with E-state index in [0.717, 1.165) is 19.9 Å². The van der Waals surface area contributed by atoms with Gasteiger partial charge in [-0.1, -0.05) is 48.5 Å². The molecule has 4 aromatic rings. The second-order valence-electron chi connectivity index (χ2n) is 10.9. The standard InChI is InChI=1S/C36H37IN4O8/c1-5-47-29-16-23(33-32(35(43)46-4)21(2)39-36(44)40-33)13-14-28(29)48-20-31(42)41-38-18-25-15-26(37)17-30(45-3)34(25)49-19-24-11-8-10-22-9-6-7-12-27(22)24/h6-18,31,33,41-42H,5,19-20H2,1-4H3,(H2,39,40,44)/b38-18+/t31-,33+/m0/s1. The van der Waals surface area contributed by atoms with Crippen LogP contribution in [0.5, 0.6) is 23.0 Å². The number of methoxy groups -OCH3 is 2. The van der Waals surface area contributed by atoms with E-state index in [2.05, 4.69) is 62.0 Å². The molecule has 1 aliphatic heterocycles. The van der Waals surface area contributed by atoms with Gasteiger partial charge in [0.15, 0.2) is 29.2 Å². The number of halogens is 1. The maximum absolute atomic E-state index is 12.5. The van der Waals surface area contributed by atoms with Crippen molar-refractivity contribution >= 4 is 51.6 Å². The Balaban J connectivity index is 1.27. The fourth-order valence-corrected chi connectivity index (χ4v) is 5.99. The van der Waals surface area contributed by atoms with Crippen molar-refractivity contribution in [3.8, 4) is 23.0 Å². The van der Waals surface area contributed by atoms with Crippen LogP contribution < -0.4 is 35.0 Å². The number of urea groups is 1. The minimum absolute atomic E-state index is 0.173. The van der Waals surface area contributed by atoms with Crippen molar-refractivity contribution in [1.29, 1.82) is 0 Å². The van der Waals surface area contributed by atoms with Gasteiger partial charge in [-0.15, -0.1) is 0 Å². The van der Waals surface area contributed by atoms with Crippen molar-refractivity contribution in [2.24, 2.45) is 5.10 Å². The van der Waals surface area contributed by atoms with Crippen LogP contribution in [-0.2, 0) is 16.1 Å². The Hall–Kier alpha value is -5.02. The SMILES string of the molecule is CCOc1cc([C@H]2NC(=O)NC(C)=C2C(=O)OC)ccc1OC[C@H](O)N/N=C/c1cc(I)cc(OC)c1OCc1cccc2ccccc12. The third-order valence-electron chi connectivity index (χ3n) is 7.62. The highest BCUT2D eigenvalue weighted by atomic mass is 127. The van der Waals surface area contributed by atoms with Crippen LogP contribution in [0.4, 0.5) is 4.79 Å². The van der Waals surface area contributed by atoms with Crippen molar-refractivity contribution in [3.05, 3.63) is 104 Å². The highest BCUT2D eigenvalue weighted by Crippen LogP contribution is 2.36. The average Bonchev–Trinajstić information content (AvgIpc) is 3.09. The van der Waals surface area contributed by atoms with E-state index in [1.54, 1.807) is 38.4 Å². The van der Waals surface area contributed by atoms with Crippen LogP contribution in [0.2, 0.25) is 0 Å². The lowest BCUT2D eigenvalue weighted by Crippen LogP contribution is -2.45. The molecule has 1 heterocycles. The molecular weight excluding hydrogens is 743 g/mol. The molecule has 0 unspecified atom stereocenters. The number of benzene rings is 4. The molecule has 0 aromatic heterocycles. The molecule has 0 radical (unpaired) electrons. The van der Waals surface area contributed by atoms with E-state index in [0.29, 0.717) is 53.0 Å². The lowest BCUT2D eigenvalue weighted by molar-refractivity contribution is -0.136. The number of nitrogens with one attached hydrogen (secondary N) is 3. The molecule has 0 spiro atoms. The molecule has 13 heteroatoms. The Morgan fingerprint density at radius 2 is 1.82 bits per heavy atom. The average molecular weight is 781 g/mol. The zero-order valence-corrected chi connectivity index (χ0v) is 29.6. The molecule has 0 bridgehead atoms. The topological polar surface area (TPSA) is 149 Å². The summed E-state index contributed by atoms with van der Waals surface area (Å²) in [6, 6.07) is 21.8. The third kappa shape index (κ3) is 8.53. The number of allylic oxidation sites excluding steroid dienone is 1. The van der Waals surface area contributed by atoms with Crippen LogP contribution in [0.25, 0.3) is 10.8 Å². The predicted molar refractivity (Wildman–Crippen MR) is 193 cm³/mol. The van der Waals surface area contributed by atoms with Crippen molar-refractivity contribution in [2.75, 3.05) is 27.4 Å². The molecule has 1 aliphatic rings. The number of aliphatic hydroxyl groups excluding tert-OH is 1. The molecule has 4 N–H and O–H groups in total. The number of carbonyl (C=O) groups excluding carboxylic acids is 2. The summed E-state index contributed by atoms with van der Waals surface area (Å²) in [5, 5.41) is 22.5. The Labute approximate surface area is 297 Å². The van der Waals surface area contributed by atoms with E-state index in [9.17, 15) is 14.7 Å². The Kier molecular flexibility index (Phi) is 11.8. The molecule has 4 aromatic carbocycles. The van der Waals surface area contributed by atoms with Gasteiger partial charge in [-0.2, -0.15) is 5.10 Å². The summed E-state index contributed by atoms with van der Waals surface area (Å²) >= 11 is 2.19.